The highest BCUT2D eigenvalue weighted by molar-refractivity contribution is 9.09. The number of ether oxygens (including phenoxy) is 1. The molecule has 0 fully saturated rings. The highest BCUT2D eigenvalue weighted by atomic mass is 79.9. The minimum absolute atomic E-state index is 0.172. The van der Waals surface area contributed by atoms with Crippen LogP contribution in [0.1, 0.15) is 25.8 Å². The van der Waals surface area contributed by atoms with Gasteiger partial charge in [-0.2, -0.15) is 0 Å². The predicted molar refractivity (Wildman–Crippen MR) is 71.3 cm³/mol. The molecule has 0 aliphatic carbocycles. The molecule has 3 heteroatoms. The Labute approximate surface area is 110 Å². The molecule has 0 saturated carbocycles. The van der Waals surface area contributed by atoms with E-state index in [0.717, 1.165) is 29.5 Å². The van der Waals surface area contributed by atoms with Gasteiger partial charge in [0.1, 0.15) is 17.7 Å². The summed E-state index contributed by atoms with van der Waals surface area (Å²) in [4.78, 5) is 0. The van der Waals surface area contributed by atoms with Crippen LogP contribution in [0, 0.1) is 17.7 Å². The third kappa shape index (κ3) is 3.01. The van der Waals surface area contributed by atoms with Crippen LogP contribution < -0.4 is 4.74 Å². The minimum Gasteiger partial charge on any atom is -0.490 e. The van der Waals surface area contributed by atoms with E-state index in [1.807, 2.05) is 0 Å². The second-order valence-electron chi connectivity index (χ2n) is 5.09. The lowest BCUT2D eigenvalue weighted by molar-refractivity contribution is 0.184. The van der Waals surface area contributed by atoms with Gasteiger partial charge >= 0.3 is 0 Å². The molecule has 2 unspecified atom stereocenters. The van der Waals surface area contributed by atoms with E-state index >= 15 is 0 Å². The van der Waals surface area contributed by atoms with E-state index in [1.165, 1.54) is 6.07 Å². The number of hydrogen-bond acceptors (Lipinski definition) is 1. The molecule has 94 valence electrons. The van der Waals surface area contributed by atoms with Crippen LogP contribution in [0.15, 0.2) is 18.2 Å². The van der Waals surface area contributed by atoms with Gasteiger partial charge in [0, 0.05) is 17.3 Å². The first-order chi connectivity index (χ1) is 8.10. The van der Waals surface area contributed by atoms with Crippen LogP contribution in [-0.2, 0) is 6.42 Å². The van der Waals surface area contributed by atoms with Crippen molar-refractivity contribution in [1.82, 2.24) is 0 Å². The lowest BCUT2D eigenvalue weighted by Crippen LogP contribution is -2.22. The zero-order valence-corrected chi connectivity index (χ0v) is 11.8. The fourth-order valence-electron chi connectivity index (χ4n) is 2.27. The Morgan fingerprint density at radius 1 is 1.47 bits per heavy atom. The molecular weight excluding hydrogens is 283 g/mol. The van der Waals surface area contributed by atoms with E-state index in [-0.39, 0.29) is 11.9 Å². The van der Waals surface area contributed by atoms with Crippen LogP contribution in [-0.4, -0.2) is 11.4 Å². The normalized spacial score (nSPS) is 20.2. The van der Waals surface area contributed by atoms with Crippen molar-refractivity contribution < 1.29 is 9.13 Å². The van der Waals surface area contributed by atoms with Crippen LogP contribution in [0.4, 0.5) is 4.39 Å². The molecule has 0 N–H and O–H groups in total. The minimum atomic E-state index is -0.172. The van der Waals surface area contributed by atoms with Crippen LogP contribution in [0.5, 0.6) is 5.75 Å². The summed E-state index contributed by atoms with van der Waals surface area (Å²) in [5.41, 5.74) is 1.01. The Hall–Kier alpha value is -0.570. The highest BCUT2D eigenvalue weighted by Gasteiger charge is 2.26. The van der Waals surface area contributed by atoms with Crippen molar-refractivity contribution in [2.75, 3.05) is 5.33 Å². The number of benzene rings is 1. The SMILES string of the molecule is CC(C)C(CBr)CC1Cc2cc(F)ccc2O1. The average Bonchev–Trinajstić information content (AvgIpc) is 2.66. The molecule has 17 heavy (non-hydrogen) atoms. The van der Waals surface area contributed by atoms with Gasteiger partial charge < -0.3 is 4.74 Å². The predicted octanol–water partition coefficient (Wildman–Crippen LogP) is 4.19. The Morgan fingerprint density at radius 3 is 2.88 bits per heavy atom. The number of halogens is 2. The molecule has 0 saturated heterocycles. The standard InChI is InChI=1S/C14H18BrFO/c1-9(2)11(8-15)7-13-6-10-5-12(16)3-4-14(10)17-13/h3-5,9,11,13H,6-8H2,1-2H3. The van der Waals surface area contributed by atoms with Crippen LogP contribution in [0.3, 0.4) is 0 Å². The fourth-order valence-corrected chi connectivity index (χ4v) is 3.28. The fraction of sp³-hybridized carbons (Fsp3) is 0.571. The van der Waals surface area contributed by atoms with Crippen molar-refractivity contribution in [3.8, 4) is 5.75 Å². The molecule has 0 aromatic heterocycles. The van der Waals surface area contributed by atoms with E-state index in [2.05, 4.69) is 29.8 Å². The van der Waals surface area contributed by atoms with Gasteiger partial charge in [0.05, 0.1) is 0 Å². The van der Waals surface area contributed by atoms with Gasteiger partial charge in [-0.05, 0) is 36.5 Å². The van der Waals surface area contributed by atoms with Gasteiger partial charge in [0.25, 0.3) is 0 Å². The molecule has 1 aromatic carbocycles. The number of hydrogen-bond donors (Lipinski definition) is 0. The molecule has 1 nitrogen and oxygen atoms in total. The number of fused-ring (bicyclic) bond motifs is 1. The van der Waals surface area contributed by atoms with Crippen molar-refractivity contribution in [1.29, 1.82) is 0 Å². The van der Waals surface area contributed by atoms with Crippen LogP contribution in [0.25, 0.3) is 0 Å². The van der Waals surface area contributed by atoms with Gasteiger partial charge in [-0.15, -0.1) is 0 Å². The first-order valence-corrected chi connectivity index (χ1v) is 7.23. The topological polar surface area (TPSA) is 9.23 Å². The second kappa shape index (κ2) is 5.38. The maximum atomic E-state index is 13.1. The number of alkyl halides is 1. The molecule has 1 heterocycles. The Balaban J connectivity index is 2.00. The summed E-state index contributed by atoms with van der Waals surface area (Å²) < 4.78 is 18.9. The van der Waals surface area contributed by atoms with Gasteiger partial charge in [-0.3, -0.25) is 0 Å². The van der Waals surface area contributed by atoms with E-state index in [1.54, 1.807) is 12.1 Å². The highest BCUT2D eigenvalue weighted by Crippen LogP contribution is 2.33. The zero-order chi connectivity index (χ0) is 12.4. The quantitative estimate of drug-likeness (QED) is 0.758. The Kier molecular flexibility index (Phi) is 4.08. The average molecular weight is 301 g/mol. The molecule has 1 aliphatic rings. The summed E-state index contributed by atoms with van der Waals surface area (Å²) in [6, 6.07) is 4.79. The lowest BCUT2D eigenvalue weighted by Gasteiger charge is -2.21. The third-order valence-corrected chi connectivity index (χ3v) is 4.30. The molecule has 0 radical (unpaired) electrons. The second-order valence-corrected chi connectivity index (χ2v) is 5.74. The van der Waals surface area contributed by atoms with Gasteiger partial charge in [0.15, 0.2) is 0 Å². The molecule has 2 atom stereocenters. The first-order valence-electron chi connectivity index (χ1n) is 6.11. The van der Waals surface area contributed by atoms with Crippen molar-refractivity contribution in [3.05, 3.63) is 29.6 Å². The Bertz CT molecular complexity index is 392. The summed E-state index contributed by atoms with van der Waals surface area (Å²) in [6.45, 7) is 4.46. The monoisotopic (exact) mass is 300 g/mol. The zero-order valence-electron chi connectivity index (χ0n) is 10.2. The molecule has 1 aromatic rings. The molecule has 0 bridgehead atoms. The van der Waals surface area contributed by atoms with Crippen molar-refractivity contribution in [2.45, 2.75) is 32.8 Å². The third-order valence-electron chi connectivity index (χ3n) is 3.47. The smallest absolute Gasteiger partial charge is 0.123 e. The largest absolute Gasteiger partial charge is 0.490 e. The lowest BCUT2D eigenvalue weighted by atomic mass is 9.91. The molecule has 1 aliphatic heterocycles. The Morgan fingerprint density at radius 2 is 2.24 bits per heavy atom. The van der Waals surface area contributed by atoms with Gasteiger partial charge in [-0.25, -0.2) is 4.39 Å². The van der Waals surface area contributed by atoms with E-state index in [9.17, 15) is 4.39 Å². The summed E-state index contributed by atoms with van der Waals surface area (Å²) in [6.07, 6.45) is 2.07. The number of rotatable bonds is 4. The maximum absolute atomic E-state index is 13.1. The summed E-state index contributed by atoms with van der Waals surface area (Å²) >= 11 is 3.55. The summed E-state index contributed by atoms with van der Waals surface area (Å²) in [7, 11) is 0. The molecule has 2 rings (SSSR count). The van der Waals surface area contributed by atoms with Crippen molar-refractivity contribution >= 4 is 15.9 Å². The summed E-state index contributed by atoms with van der Waals surface area (Å²) in [5, 5.41) is 0.995. The van der Waals surface area contributed by atoms with E-state index < -0.39 is 0 Å². The molecule has 0 spiro atoms. The van der Waals surface area contributed by atoms with Gasteiger partial charge in [0.2, 0.25) is 0 Å². The van der Waals surface area contributed by atoms with Crippen LogP contribution in [0.2, 0.25) is 0 Å². The molecular formula is C14H18BrFO. The van der Waals surface area contributed by atoms with Gasteiger partial charge in [-0.1, -0.05) is 29.8 Å². The van der Waals surface area contributed by atoms with E-state index in [0.29, 0.717) is 11.8 Å². The first kappa shape index (κ1) is 12.9. The van der Waals surface area contributed by atoms with Crippen molar-refractivity contribution in [2.24, 2.45) is 11.8 Å². The molecule has 0 amide bonds. The van der Waals surface area contributed by atoms with E-state index in [4.69, 9.17) is 4.74 Å². The van der Waals surface area contributed by atoms with Crippen LogP contribution >= 0.6 is 15.9 Å². The van der Waals surface area contributed by atoms with Crippen molar-refractivity contribution in [3.63, 3.8) is 0 Å². The maximum Gasteiger partial charge on any atom is 0.123 e. The summed E-state index contributed by atoms with van der Waals surface area (Å²) in [5.74, 6) is 1.93.